The molecule has 278 valence electrons. The van der Waals surface area contributed by atoms with E-state index in [0.29, 0.717) is 48.6 Å². The predicted molar refractivity (Wildman–Crippen MR) is 200 cm³/mol. The Morgan fingerprint density at radius 1 is 0.962 bits per heavy atom. The van der Waals surface area contributed by atoms with Crippen LogP contribution in [0.25, 0.3) is 22.0 Å². The Hall–Kier alpha value is -5.17. The molecule has 2 aromatic heterocycles. The minimum Gasteiger partial charge on any atom is -0.496 e. The normalized spacial score (nSPS) is 23.6. The maximum absolute atomic E-state index is 13.7. The number of nitrogens with zero attached hydrogens (tertiary/aromatic N) is 4. The quantitative estimate of drug-likeness (QED) is 0.218. The summed E-state index contributed by atoms with van der Waals surface area (Å²) >= 11 is 0. The van der Waals surface area contributed by atoms with Gasteiger partial charge in [0.15, 0.2) is 0 Å². The third kappa shape index (κ3) is 6.78. The number of imide groups is 1. The molecule has 1 aliphatic carbocycles. The first-order chi connectivity index (χ1) is 25.7. The highest BCUT2D eigenvalue weighted by Crippen LogP contribution is 2.45. The lowest BCUT2D eigenvalue weighted by atomic mass is 9.88. The van der Waals surface area contributed by atoms with Crippen LogP contribution in [0.5, 0.6) is 11.5 Å². The summed E-state index contributed by atoms with van der Waals surface area (Å²) in [7, 11) is 5.08. The van der Waals surface area contributed by atoms with Crippen LogP contribution in [0, 0.1) is 17.8 Å². The number of pyridine rings is 1. The second-order valence-electron chi connectivity index (χ2n) is 15.2. The number of carbonyl (C=O) groups is 3. The summed E-state index contributed by atoms with van der Waals surface area (Å²) in [4.78, 5) is 54.5. The smallest absolute Gasteiger partial charge is 0.276 e. The van der Waals surface area contributed by atoms with Gasteiger partial charge in [0.2, 0.25) is 17.7 Å². The van der Waals surface area contributed by atoms with Gasteiger partial charge >= 0.3 is 0 Å². The molecule has 13 nitrogen and oxygen atoms in total. The van der Waals surface area contributed by atoms with E-state index in [-0.39, 0.29) is 23.3 Å². The van der Waals surface area contributed by atoms with Crippen molar-refractivity contribution in [2.45, 2.75) is 57.0 Å². The van der Waals surface area contributed by atoms with Crippen LogP contribution in [0.4, 0.5) is 5.69 Å². The van der Waals surface area contributed by atoms with Crippen molar-refractivity contribution in [1.29, 1.82) is 0 Å². The van der Waals surface area contributed by atoms with Gasteiger partial charge in [0, 0.05) is 74.9 Å². The molecule has 4 atom stereocenters. The highest BCUT2D eigenvalue weighted by molar-refractivity contribution is 6.01. The van der Waals surface area contributed by atoms with Gasteiger partial charge in [-0.25, -0.2) is 0 Å². The van der Waals surface area contributed by atoms with Crippen molar-refractivity contribution in [3.8, 4) is 22.6 Å². The molecule has 5 heterocycles. The number of piperidine rings is 2. The van der Waals surface area contributed by atoms with Crippen molar-refractivity contribution in [1.82, 2.24) is 29.9 Å². The molecule has 0 spiro atoms. The van der Waals surface area contributed by atoms with E-state index in [9.17, 15) is 19.2 Å². The molecule has 13 heteroatoms. The number of anilines is 1. The molecule has 2 aromatic carbocycles. The maximum Gasteiger partial charge on any atom is 0.276 e. The van der Waals surface area contributed by atoms with Crippen molar-refractivity contribution < 1.29 is 23.9 Å². The van der Waals surface area contributed by atoms with Crippen LogP contribution in [0.1, 0.15) is 55.6 Å². The molecule has 4 aromatic rings. The van der Waals surface area contributed by atoms with E-state index in [4.69, 9.17) is 9.47 Å². The first-order valence-electron chi connectivity index (χ1n) is 18.7. The SMILES string of the molecule is COc1cc(-c2cn(C)c(=O)c3[nH]ncc23)cc(OC)c1CN1C[C@H]2CC(C(=O)N3CCC(c4ccc(NC5CCC(=O)NC5=O)cc4)CC3)C[C@H]2C1. The van der Waals surface area contributed by atoms with Crippen molar-refractivity contribution in [2.75, 3.05) is 45.7 Å². The van der Waals surface area contributed by atoms with Gasteiger partial charge in [-0.15, -0.1) is 0 Å². The van der Waals surface area contributed by atoms with Crippen LogP contribution in [0.3, 0.4) is 0 Å². The molecular weight excluding hydrogens is 674 g/mol. The summed E-state index contributed by atoms with van der Waals surface area (Å²) in [5, 5.41) is 13.3. The summed E-state index contributed by atoms with van der Waals surface area (Å²) in [5.41, 5.74) is 5.19. The van der Waals surface area contributed by atoms with Crippen LogP contribution < -0.4 is 25.7 Å². The first-order valence-corrected chi connectivity index (χ1v) is 18.7. The number of likely N-dealkylation sites (tertiary alicyclic amines) is 2. The van der Waals surface area contributed by atoms with E-state index >= 15 is 0 Å². The van der Waals surface area contributed by atoms with Gasteiger partial charge in [-0.1, -0.05) is 12.1 Å². The largest absolute Gasteiger partial charge is 0.496 e. The average molecular weight is 722 g/mol. The number of rotatable bonds is 9. The molecule has 2 unspecified atom stereocenters. The number of methoxy groups -OCH3 is 2. The Balaban J connectivity index is 0.851. The number of aromatic amines is 1. The number of amides is 3. The third-order valence-corrected chi connectivity index (χ3v) is 12.0. The van der Waals surface area contributed by atoms with Gasteiger partial charge in [0.1, 0.15) is 23.1 Å². The Morgan fingerprint density at radius 3 is 2.28 bits per heavy atom. The van der Waals surface area contributed by atoms with Gasteiger partial charge in [-0.2, -0.15) is 5.10 Å². The highest BCUT2D eigenvalue weighted by atomic mass is 16.5. The highest BCUT2D eigenvalue weighted by Gasteiger charge is 2.45. The van der Waals surface area contributed by atoms with Crippen molar-refractivity contribution in [2.24, 2.45) is 24.8 Å². The summed E-state index contributed by atoms with van der Waals surface area (Å²) in [6.07, 6.45) is 8.09. The summed E-state index contributed by atoms with van der Waals surface area (Å²) < 4.78 is 13.4. The van der Waals surface area contributed by atoms with Gasteiger partial charge in [-0.3, -0.25) is 34.5 Å². The summed E-state index contributed by atoms with van der Waals surface area (Å²) in [6.45, 7) is 4.12. The zero-order valence-electron chi connectivity index (χ0n) is 30.5. The van der Waals surface area contributed by atoms with E-state index in [1.54, 1.807) is 32.0 Å². The minimum absolute atomic E-state index is 0.0892. The molecule has 1 saturated carbocycles. The van der Waals surface area contributed by atoms with Crippen molar-refractivity contribution >= 4 is 34.3 Å². The number of benzene rings is 2. The summed E-state index contributed by atoms with van der Waals surface area (Å²) in [5.74, 6) is 2.77. The molecule has 3 amide bonds. The van der Waals surface area contributed by atoms with Crippen LogP contribution >= 0.6 is 0 Å². The predicted octanol–water partition coefficient (Wildman–Crippen LogP) is 4.03. The van der Waals surface area contributed by atoms with E-state index in [1.165, 1.54) is 5.56 Å². The number of carbonyl (C=O) groups excluding carboxylic acids is 3. The van der Waals surface area contributed by atoms with Gasteiger partial charge in [-0.05, 0) is 85.3 Å². The van der Waals surface area contributed by atoms with E-state index in [2.05, 4.69) is 42.8 Å². The topological polar surface area (TPSA) is 151 Å². The van der Waals surface area contributed by atoms with E-state index < -0.39 is 6.04 Å². The van der Waals surface area contributed by atoms with Gasteiger partial charge in [0.05, 0.1) is 26.0 Å². The molecule has 0 bridgehead atoms. The van der Waals surface area contributed by atoms with Gasteiger partial charge < -0.3 is 24.3 Å². The fourth-order valence-corrected chi connectivity index (χ4v) is 9.20. The fraction of sp³-hybridized carbons (Fsp3) is 0.475. The Morgan fingerprint density at radius 2 is 1.64 bits per heavy atom. The van der Waals surface area contributed by atoms with Crippen LogP contribution in [0.15, 0.2) is 53.6 Å². The molecule has 3 saturated heterocycles. The van der Waals surface area contributed by atoms with Crippen LogP contribution in [-0.4, -0.2) is 88.7 Å². The van der Waals surface area contributed by atoms with Crippen LogP contribution in [0.2, 0.25) is 0 Å². The third-order valence-electron chi connectivity index (χ3n) is 12.0. The number of fused-ring (bicyclic) bond motifs is 2. The molecular formula is C40H47N7O6. The van der Waals surface area contributed by atoms with Gasteiger partial charge in [0.25, 0.3) is 5.56 Å². The molecule has 0 radical (unpaired) electrons. The second kappa shape index (κ2) is 14.3. The number of ether oxygens (including phenoxy) is 2. The number of hydrogen-bond acceptors (Lipinski definition) is 9. The van der Waals surface area contributed by atoms with E-state index in [1.807, 2.05) is 30.5 Å². The van der Waals surface area contributed by atoms with Crippen LogP contribution in [-0.2, 0) is 28.0 Å². The number of hydrogen-bond donors (Lipinski definition) is 3. The lowest BCUT2D eigenvalue weighted by Crippen LogP contribution is -2.47. The first kappa shape index (κ1) is 34.9. The Labute approximate surface area is 308 Å². The molecule has 3 aliphatic heterocycles. The second-order valence-corrected chi connectivity index (χ2v) is 15.2. The summed E-state index contributed by atoms with van der Waals surface area (Å²) in [6, 6.07) is 11.9. The fourth-order valence-electron chi connectivity index (χ4n) is 9.20. The molecule has 8 rings (SSSR count). The maximum atomic E-state index is 13.7. The lowest BCUT2D eigenvalue weighted by Gasteiger charge is -2.34. The zero-order valence-corrected chi connectivity index (χ0v) is 30.5. The molecule has 3 N–H and O–H groups in total. The van der Waals surface area contributed by atoms with Crippen molar-refractivity contribution in [3.05, 3.63) is 70.3 Å². The standard InChI is InChI=1S/C40H47N7O6/c1-45-21-31(30-18-41-44-37(30)40(45)51)25-16-34(52-2)32(35(17-25)53-3)22-46-19-27-14-26(15-28(27)20-46)39(50)47-12-10-24(11-13-47)23-4-6-29(7-5-23)42-33-8-9-36(48)43-38(33)49/h4-7,16-18,21,24,26-28,33,42H,8-15,19-20,22H2,1-3H3,(H,41,44)(H,43,48,49)/t26?,27-,28+,33?. The Bertz CT molecular complexity index is 2060. The number of aromatic nitrogens is 3. The monoisotopic (exact) mass is 721 g/mol. The molecule has 4 fully saturated rings. The number of aryl methyl sites for hydroxylation is 1. The average Bonchev–Trinajstić information content (AvgIpc) is 3.91. The van der Waals surface area contributed by atoms with E-state index in [0.717, 1.165) is 91.1 Å². The minimum atomic E-state index is -0.397. The zero-order chi connectivity index (χ0) is 36.8. The Kier molecular flexibility index (Phi) is 9.44. The molecule has 53 heavy (non-hydrogen) atoms. The number of nitrogens with one attached hydrogen (secondary N) is 3. The number of H-pyrrole nitrogens is 1. The lowest BCUT2D eigenvalue weighted by molar-refractivity contribution is -0.137. The molecule has 4 aliphatic rings. The van der Waals surface area contributed by atoms with Crippen molar-refractivity contribution in [3.63, 3.8) is 0 Å².